The summed E-state index contributed by atoms with van der Waals surface area (Å²) in [7, 11) is 0. The number of furan rings is 1. The van der Waals surface area contributed by atoms with Crippen LogP contribution in [0.5, 0.6) is 0 Å². The summed E-state index contributed by atoms with van der Waals surface area (Å²) in [6, 6.07) is 26.5. The van der Waals surface area contributed by atoms with Crippen molar-refractivity contribution in [3.8, 4) is 11.1 Å². The molecule has 1 spiro atoms. The second-order valence-corrected chi connectivity index (χ2v) is 9.53. The fourth-order valence-corrected chi connectivity index (χ4v) is 5.92. The number of fused-ring (bicyclic) bond motifs is 9. The smallest absolute Gasteiger partial charge is 0.149 e. The number of para-hydroxylation sites is 1. The number of nitrogen functional groups attached to an aromatic ring is 1. The van der Waals surface area contributed by atoms with Crippen LogP contribution < -0.4 is 10.6 Å². The van der Waals surface area contributed by atoms with Crippen LogP contribution in [0, 0.1) is 0 Å². The van der Waals surface area contributed by atoms with Crippen molar-refractivity contribution in [1.82, 2.24) is 0 Å². The van der Waals surface area contributed by atoms with Gasteiger partial charge in [-0.3, -0.25) is 0 Å². The van der Waals surface area contributed by atoms with Gasteiger partial charge in [-0.1, -0.05) is 80.6 Å². The maximum absolute atomic E-state index is 6.87. The molecule has 6 rings (SSSR count). The van der Waals surface area contributed by atoms with Crippen molar-refractivity contribution in [2.24, 2.45) is 0 Å². The van der Waals surface area contributed by atoms with Gasteiger partial charge in [-0.05, 0) is 47.7 Å². The Kier molecular flexibility index (Phi) is 3.92. The Morgan fingerprint density at radius 3 is 1.84 bits per heavy atom. The molecule has 2 N–H and O–H groups in total. The number of rotatable bonds is 2. The third-order valence-electron chi connectivity index (χ3n) is 7.09. The number of hydrogen-bond donors (Lipinski definition) is 1. The molecule has 0 amide bonds. The van der Waals surface area contributed by atoms with E-state index in [1.54, 1.807) is 0 Å². The lowest BCUT2D eigenvalue weighted by Gasteiger charge is -2.43. The van der Waals surface area contributed by atoms with E-state index in [0.717, 1.165) is 22.9 Å². The quantitative estimate of drug-likeness (QED) is 0.328. The lowest BCUT2D eigenvalue weighted by atomic mass is 9.67. The fourth-order valence-electron chi connectivity index (χ4n) is 5.92. The molecule has 0 bridgehead atoms. The average molecular weight is 421 g/mol. The molecular weight excluding hydrogens is 392 g/mol. The molecule has 0 radical (unpaired) electrons. The molecule has 32 heavy (non-hydrogen) atoms. The molecule has 1 aromatic heterocycles. The molecule has 3 heteroatoms. The van der Waals surface area contributed by atoms with Crippen molar-refractivity contribution in [1.29, 1.82) is 0 Å². The molecule has 1 aliphatic carbocycles. The maximum atomic E-state index is 6.87. The highest BCUT2D eigenvalue weighted by Crippen LogP contribution is 2.64. The van der Waals surface area contributed by atoms with Gasteiger partial charge in [-0.2, -0.15) is 0 Å². The lowest BCUT2D eigenvalue weighted by Crippen LogP contribution is -2.39. The Balaban J connectivity index is 1.85. The van der Waals surface area contributed by atoms with Crippen LogP contribution in [0.4, 0.5) is 17.1 Å². The van der Waals surface area contributed by atoms with Gasteiger partial charge in [0.15, 0.2) is 0 Å². The summed E-state index contributed by atoms with van der Waals surface area (Å²) >= 11 is 0. The maximum Gasteiger partial charge on any atom is 0.149 e. The second kappa shape index (κ2) is 6.52. The minimum atomic E-state index is -0.522. The summed E-state index contributed by atoms with van der Waals surface area (Å²) in [5.74, 6) is 2.01. The highest BCUT2D eigenvalue weighted by molar-refractivity contribution is 5.95. The third-order valence-corrected chi connectivity index (χ3v) is 7.09. The molecular formula is C29H28N2O. The zero-order valence-electron chi connectivity index (χ0n) is 19.0. The van der Waals surface area contributed by atoms with Gasteiger partial charge in [0.25, 0.3) is 0 Å². The van der Waals surface area contributed by atoms with Gasteiger partial charge < -0.3 is 15.1 Å². The minimum absolute atomic E-state index is 0.196. The predicted octanol–water partition coefficient (Wildman–Crippen LogP) is 7.21. The third kappa shape index (κ3) is 2.16. The van der Waals surface area contributed by atoms with Crippen LogP contribution in [0.3, 0.4) is 0 Å². The number of nitrogens with zero attached hydrogens (tertiary/aromatic N) is 1. The zero-order chi connectivity index (χ0) is 22.2. The molecule has 3 nitrogen and oxygen atoms in total. The molecule has 3 aromatic carbocycles. The van der Waals surface area contributed by atoms with Crippen molar-refractivity contribution < 1.29 is 4.42 Å². The Morgan fingerprint density at radius 1 is 0.750 bits per heavy atom. The summed E-state index contributed by atoms with van der Waals surface area (Å²) in [6.45, 7) is 8.74. The first kappa shape index (κ1) is 19.2. The first-order valence-electron chi connectivity index (χ1n) is 11.5. The number of hydrogen-bond acceptors (Lipinski definition) is 3. The van der Waals surface area contributed by atoms with Crippen LogP contribution in [-0.4, -0.2) is 6.04 Å². The van der Waals surface area contributed by atoms with Crippen molar-refractivity contribution in [3.05, 3.63) is 101 Å². The minimum Gasteiger partial charge on any atom is -0.460 e. The normalized spacial score (nSPS) is 15.1. The Bertz CT molecular complexity index is 1320. The average Bonchev–Trinajstić information content (AvgIpc) is 3.29. The predicted molar refractivity (Wildman–Crippen MR) is 132 cm³/mol. The van der Waals surface area contributed by atoms with Crippen molar-refractivity contribution in [3.63, 3.8) is 0 Å². The molecule has 0 saturated carbocycles. The van der Waals surface area contributed by atoms with Crippen LogP contribution in [0.25, 0.3) is 11.1 Å². The van der Waals surface area contributed by atoms with E-state index < -0.39 is 5.41 Å². The van der Waals surface area contributed by atoms with Crippen molar-refractivity contribution in [2.75, 3.05) is 10.6 Å². The van der Waals surface area contributed by atoms with E-state index in [2.05, 4.69) is 105 Å². The van der Waals surface area contributed by atoms with Crippen LogP contribution in [-0.2, 0) is 5.41 Å². The summed E-state index contributed by atoms with van der Waals surface area (Å²) in [4.78, 5) is 2.37. The van der Waals surface area contributed by atoms with E-state index in [0.29, 0.717) is 0 Å². The second-order valence-electron chi connectivity index (χ2n) is 9.53. The highest BCUT2D eigenvalue weighted by atomic mass is 16.3. The molecule has 0 saturated heterocycles. The van der Waals surface area contributed by atoms with E-state index in [9.17, 15) is 0 Å². The van der Waals surface area contributed by atoms with Gasteiger partial charge in [0, 0.05) is 17.6 Å². The Labute approximate surface area is 189 Å². The number of benzene rings is 3. The van der Waals surface area contributed by atoms with Gasteiger partial charge in [0.2, 0.25) is 0 Å². The van der Waals surface area contributed by atoms with Gasteiger partial charge in [0.1, 0.15) is 22.6 Å². The number of nitrogens with two attached hydrogens (primary N) is 1. The highest BCUT2D eigenvalue weighted by Gasteiger charge is 2.55. The van der Waals surface area contributed by atoms with E-state index in [-0.39, 0.29) is 12.0 Å². The topological polar surface area (TPSA) is 42.4 Å². The molecule has 2 aliphatic rings. The van der Waals surface area contributed by atoms with Crippen LogP contribution >= 0.6 is 0 Å². The van der Waals surface area contributed by atoms with Gasteiger partial charge >= 0.3 is 0 Å². The first-order valence-corrected chi connectivity index (χ1v) is 11.5. The lowest BCUT2D eigenvalue weighted by molar-refractivity contribution is 0.415. The van der Waals surface area contributed by atoms with E-state index >= 15 is 0 Å². The first-order chi connectivity index (χ1) is 15.5. The van der Waals surface area contributed by atoms with E-state index in [1.165, 1.54) is 33.5 Å². The Morgan fingerprint density at radius 2 is 1.28 bits per heavy atom. The molecule has 1 aliphatic heterocycles. The zero-order valence-corrected chi connectivity index (χ0v) is 19.0. The van der Waals surface area contributed by atoms with Gasteiger partial charge in [-0.25, -0.2) is 0 Å². The molecule has 160 valence electrons. The van der Waals surface area contributed by atoms with E-state index in [1.807, 2.05) is 0 Å². The molecule has 4 aromatic rings. The largest absolute Gasteiger partial charge is 0.460 e. The summed E-state index contributed by atoms with van der Waals surface area (Å²) in [5, 5.41) is 0. The number of anilines is 3. The van der Waals surface area contributed by atoms with Crippen molar-refractivity contribution >= 4 is 17.1 Å². The fraction of sp³-hybridized carbons (Fsp3) is 0.241. The van der Waals surface area contributed by atoms with E-state index in [4.69, 9.17) is 10.2 Å². The monoisotopic (exact) mass is 420 g/mol. The van der Waals surface area contributed by atoms with Gasteiger partial charge in [0.05, 0.1) is 5.69 Å². The molecule has 0 atom stereocenters. The van der Waals surface area contributed by atoms with Crippen LogP contribution in [0.15, 0.2) is 77.2 Å². The molecule has 0 unspecified atom stereocenters. The summed E-state index contributed by atoms with van der Waals surface area (Å²) in [6.07, 6.45) is 0. The standard InChI is InChI=1S/C29H28N2O/c1-17(2)27-25(30)26-28(32-27)29(23-15-9-10-16-24(23)31(26)18(3)4)21-13-7-5-11-19(21)20-12-6-8-14-22(20)29/h5-18H,30H2,1-4H3. The van der Waals surface area contributed by atoms with Crippen LogP contribution in [0.1, 0.15) is 61.8 Å². The summed E-state index contributed by atoms with van der Waals surface area (Å²) in [5.41, 5.74) is 15.6. The SMILES string of the molecule is CC(C)c1oc2c(c1N)N(C(C)C)c1ccccc1C21c2ccccc2-c2ccccc21. The van der Waals surface area contributed by atoms with Crippen molar-refractivity contribution in [2.45, 2.75) is 45.1 Å². The molecule has 0 fully saturated rings. The Hall–Kier alpha value is -3.46. The molecule has 2 heterocycles. The van der Waals surface area contributed by atoms with Gasteiger partial charge in [-0.15, -0.1) is 0 Å². The summed E-state index contributed by atoms with van der Waals surface area (Å²) < 4.78 is 6.82. The van der Waals surface area contributed by atoms with Crippen LogP contribution in [0.2, 0.25) is 0 Å².